The van der Waals surface area contributed by atoms with Crippen LogP contribution in [0.1, 0.15) is 44.6 Å². The second kappa shape index (κ2) is 7.65. The van der Waals surface area contributed by atoms with Crippen LogP contribution in [0.15, 0.2) is 18.2 Å². The Morgan fingerprint density at radius 3 is 2.50 bits per heavy atom. The summed E-state index contributed by atoms with van der Waals surface area (Å²) in [6.45, 7) is 2.28. The minimum Gasteiger partial charge on any atom is -0.271 e. The van der Waals surface area contributed by atoms with Gasteiger partial charge in [-0.3, -0.25) is 11.3 Å². The summed E-state index contributed by atoms with van der Waals surface area (Å²) < 4.78 is 0. The largest absolute Gasteiger partial charge is 0.271 e. The van der Waals surface area contributed by atoms with Crippen molar-refractivity contribution in [3.63, 3.8) is 0 Å². The van der Waals surface area contributed by atoms with Gasteiger partial charge in [0.05, 0.1) is 0 Å². The van der Waals surface area contributed by atoms with Crippen LogP contribution in [-0.2, 0) is 6.42 Å². The first-order valence-electron chi connectivity index (χ1n) is 7.56. The maximum atomic E-state index is 6.29. The van der Waals surface area contributed by atoms with Crippen LogP contribution in [0, 0.1) is 11.8 Å². The van der Waals surface area contributed by atoms with Crippen molar-refractivity contribution in [2.75, 3.05) is 0 Å². The highest BCUT2D eigenvalue weighted by atomic mass is 35.5. The molecule has 2 rings (SSSR count). The van der Waals surface area contributed by atoms with E-state index in [1.54, 1.807) is 0 Å². The van der Waals surface area contributed by atoms with Gasteiger partial charge in [-0.2, -0.15) is 0 Å². The van der Waals surface area contributed by atoms with Gasteiger partial charge in [-0.25, -0.2) is 0 Å². The Hall–Kier alpha value is -0.280. The van der Waals surface area contributed by atoms with Crippen molar-refractivity contribution in [3.05, 3.63) is 33.8 Å². The quantitative estimate of drug-likeness (QED) is 0.616. The fourth-order valence-corrected chi connectivity index (χ4v) is 4.11. The lowest BCUT2D eigenvalue weighted by Gasteiger charge is -2.37. The number of rotatable bonds is 5. The molecule has 3 unspecified atom stereocenters. The molecule has 0 heterocycles. The SMILES string of the molecule is CCC1CCCCC1C(Cc1c(Cl)cccc1Cl)NN. The van der Waals surface area contributed by atoms with Gasteiger partial charge >= 0.3 is 0 Å². The number of hydrogen-bond donors (Lipinski definition) is 2. The molecule has 1 aliphatic carbocycles. The Morgan fingerprint density at radius 1 is 1.25 bits per heavy atom. The number of hydrazine groups is 1. The minimum absolute atomic E-state index is 0.248. The number of nitrogens with one attached hydrogen (secondary N) is 1. The van der Waals surface area contributed by atoms with E-state index in [1.807, 2.05) is 18.2 Å². The lowest BCUT2D eigenvalue weighted by molar-refractivity contribution is 0.174. The predicted molar refractivity (Wildman–Crippen MR) is 87.0 cm³/mol. The Balaban J connectivity index is 2.15. The first-order valence-corrected chi connectivity index (χ1v) is 8.32. The van der Waals surface area contributed by atoms with Gasteiger partial charge in [0.25, 0.3) is 0 Å². The van der Waals surface area contributed by atoms with Gasteiger partial charge in [0, 0.05) is 16.1 Å². The van der Waals surface area contributed by atoms with E-state index in [4.69, 9.17) is 29.0 Å². The molecule has 0 bridgehead atoms. The van der Waals surface area contributed by atoms with Crippen molar-refractivity contribution in [3.8, 4) is 0 Å². The second-order valence-corrected chi connectivity index (χ2v) is 6.61. The highest BCUT2D eigenvalue weighted by Gasteiger charge is 2.31. The Kier molecular flexibility index (Phi) is 6.16. The van der Waals surface area contributed by atoms with Gasteiger partial charge in [-0.15, -0.1) is 0 Å². The summed E-state index contributed by atoms with van der Waals surface area (Å²) in [7, 11) is 0. The Bertz CT molecular complexity index is 416. The third-order valence-electron chi connectivity index (χ3n) is 4.71. The van der Waals surface area contributed by atoms with E-state index in [-0.39, 0.29) is 6.04 Å². The first kappa shape index (κ1) is 16.1. The molecule has 0 saturated heterocycles. The van der Waals surface area contributed by atoms with Crippen LogP contribution in [0.5, 0.6) is 0 Å². The first-order chi connectivity index (χ1) is 9.67. The van der Waals surface area contributed by atoms with Crippen molar-refractivity contribution >= 4 is 23.2 Å². The van der Waals surface area contributed by atoms with Gasteiger partial charge in [0.15, 0.2) is 0 Å². The van der Waals surface area contributed by atoms with Gasteiger partial charge in [-0.05, 0) is 42.4 Å². The Morgan fingerprint density at radius 2 is 1.90 bits per heavy atom. The van der Waals surface area contributed by atoms with E-state index in [0.29, 0.717) is 5.92 Å². The summed E-state index contributed by atoms with van der Waals surface area (Å²) in [6, 6.07) is 5.93. The standard InChI is InChI=1S/C16H24Cl2N2/c1-2-11-6-3-4-7-12(11)16(20-19)10-13-14(17)8-5-9-15(13)18/h5,8-9,11-12,16,20H,2-4,6-7,10,19H2,1H3. The number of hydrogen-bond acceptors (Lipinski definition) is 2. The van der Waals surface area contributed by atoms with Crippen LogP contribution >= 0.6 is 23.2 Å². The van der Waals surface area contributed by atoms with E-state index in [9.17, 15) is 0 Å². The molecule has 1 aromatic rings. The van der Waals surface area contributed by atoms with Gasteiger partial charge in [0.2, 0.25) is 0 Å². The Labute approximate surface area is 132 Å². The van der Waals surface area contributed by atoms with Crippen LogP contribution in [0.4, 0.5) is 0 Å². The summed E-state index contributed by atoms with van der Waals surface area (Å²) >= 11 is 12.6. The van der Waals surface area contributed by atoms with Crippen LogP contribution in [-0.4, -0.2) is 6.04 Å². The monoisotopic (exact) mass is 314 g/mol. The third kappa shape index (κ3) is 3.67. The van der Waals surface area contributed by atoms with Crippen molar-refractivity contribution in [2.24, 2.45) is 17.7 Å². The second-order valence-electron chi connectivity index (χ2n) is 5.79. The van der Waals surface area contributed by atoms with Gasteiger partial charge in [0.1, 0.15) is 0 Å². The predicted octanol–water partition coefficient (Wildman–Crippen LogP) is 4.58. The maximum Gasteiger partial charge on any atom is 0.0453 e. The van der Waals surface area contributed by atoms with Crippen molar-refractivity contribution in [1.82, 2.24) is 5.43 Å². The third-order valence-corrected chi connectivity index (χ3v) is 5.42. The molecule has 0 amide bonds. The van der Waals surface area contributed by atoms with Crippen molar-refractivity contribution < 1.29 is 0 Å². The fraction of sp³-hybridized carbons (Fsp3) is 0.625. The molecule has 20 heavy (non-hydrogen) atoms. The maximum absolute atomic E-state index is 6.29. The number of nitrogens with two attached hydrogens (primary N) is 1. The molecule has 0 aliphatic heterocycles. The average Bonchev–Trinajstić information content (AvgIpc) is 2.47. The van der Waals surface area contributed by atoms with Crippen LogP contribution in [0.3, 0.4) is 0 Å². The zero-order valence-corrected chi connectivity index (χ0v) is 13.6. The zero-order chi connectivity index (χ0) is 14.5. The van der Waals surface area contributed by atoms with Crippen LogP contribution in [0.25, 0.3) is 0 Å². The average molecular weight is 315 g/mol. The van der Waals surface area contributed by atoms with Gasteiger partial charge < -0.3 is 0 Å². The highest BCUT2D eigenvalue weighted by Crippen LogP contribution is 2.36. The smallest absolute Gasteiger partial charge is 0.0453 e. The molecule has 0 radical (unpaired) electrons. The normalized spacial score (nSPS) is 24.6. The van der Waals surface area contributed by atoms with E-state index in [2.05, 4.69) is 12.3 Å². The molecule has 2 nitrogen and oxygen atoms in total. The topological polar surface area (TPSA) is 38.0 Å². The molecule has 1 saturated carbocycles. The van der Waals surface area contributed by atoms with Crippen molar-refractivity contribution in [1.29, 1.82) is 0 Å². The summed E-state index contributed by atoms with van der Waals surface area (Å²) in [6.07, 6.45) is 7.23. The molecule has 112 valence electrons. The van der Waals surface area contributed by atoms with E-state index in [0.717, 1.165) is 27.9 Å². The summed E-state index contributed by atoms with van der Waals surface area (Å²) in [5, 5.41) is 1.48. The number of halogens is 2. The highest BCUT2D eigenvalue weighted by molar-refractivity contribution is 6.36. The number of benzene rings is 1. The molecule has 4 heteroatoms. The molecule has 1 fully saturated rings. The van der Waals surface area contributed by atoms with Crippen molar-refractivity contribution in [2.45, 2.75) is 51.5 Å². The van der Waals surface area contributed by atoms with Crippen LogP contribution in [0.2, 0.25) is 10.0 Å². The molecule has 3 atom stereocenters. The molecule has 3 N–H and O–H groups in total. The van der Waals surface area contributed by atoms with E-state index < -0.39 is 0 Å². The van der Waals surface area contributed by atoms with E-state index in [1.165, 1.54) is 32.1 Å². The molecule has 1 aromatic carbocycles. The molecule has 1 aliphatic rings. The summed E-state index contributed by atoms with van der Waals surface area (Å²) in [5.74, 6) is 7.20. The fourth-order valence-electron chi connectivity index (χ4n) is 3.55. The summed E-state index contributed by atoms with van der Waals surface area (Å²) in [4.78, 5) is 0. The lowest BCUT2D eigenvalue weighted by atomic mass is 9.73. The van der Waals surface area contributed by atoms with E-state index >= 15 is 0 Å². The summed E-state index contributed by atoms with van der Waals surface area (Å²) in [5.41, 5.74) is 4.03. The molecule has 0 aromatic heterocycles. The molecule has 0 spiro atoms. The molecular weight excluding hydrogens is 291 g/mol. The van der Waals surface area contributed by atoms with Crippen LogP contribution < -0.4 is 11.3 Å². The lowest BCUT2D eigenvalue weighted by Crippen LogP contribution is -2.46. The molecular formula is C16H24Cl2N2. The van der Waals surface area contributed by atoms with Gasteiger partial charge in [-0.1, -0.05) is 61.9 Å². The zero-order valence-electron chi connectivity index (χ0n) is 12.0. The minimum atomic E-state index is 0.248.